The minimum atomic E-state index is 0.178. The van der Waals surface area contributed by atoms with E-state index >= 15 is 0 Å². The summed E-state index contributed by atoms with van der Waals surface area (Å²) in [6.07, 6.45) is 0.681. The zero-order valence-electron chi connectivity index (χ0n) is 10.7. The van der Waals surface area contributed by atoms with Crippen LogP contribution < -0.4 is 4.74 Å². The predicted octanol–water partition coefficient (Wildman–Crippen LogP) is 0.932. The Morgan fingerprint density at radius 2 is 2.11 bits per heavy atom. The van der Waals surface area contributed by atoms with E-state index in [2.05, 4.69) is 4.90 Å². The van der Waals surface area contributed by atoms with Crippen molar-refractivity contribution in [1.29, 1.82) is 0 Å². The third kappa shape index (κ3) is 4.29. The minimum absolute atomic E-state index is 0.178. The summed E-state index contributed by atoms with van der Waals surface area (Å²) in [6, 6.07) is 7.93. The van der Waals surface area contributed by atoms with Crippen molar-refractivity contribution in [2.24, 2.45) is 0 Å². The van der Waals surface area contributed by atoms with E-state index < -0.39 is 0 Å². The summed E-state index contributed by atoms with van der Waals surface area (Å²) in [7, 11) is 0. The number of ether oxygens (including phenoxy) is 2. The SMILES string of the molecule is OCCc1cccc(OCCN2CCOCC2)c1. The Labute approximate surface area is 108 Å². The van der Waals surface area contributed by atoms with Crippen molar-refractivity contribution in [1.82, 2.24) is 4.90 Å². The molecule has 1 aromatic rings. The van der Waals surface area contributed by atoms with Crippen LogP contribution in [0.2, 0.25) is 0 Å². The molecule has 0 bridgehead atoms. The van der Waals surface area contributed by atoms with Crippen LogP contribution in [0.4, 0.5) is 0 Å². The number of hydrogen-bond donors (Lipinski definition) is 1. The van der Waals surface area contributed by atoms with E-state index in [9.17, 15) is 0 Å². The molecule has 4 nitrogen and oxygen atoms in total. The first-order chi connectivity index (χ1) is 8.88. The Hall–Kier alpha value is -1.10. The van der Waals surface area contributed by atoms with Gasteiger partial charge in [-0.25, -0.2) is 0 Å². The maximum atomic E-state index is 8.90. The van der Waals surface area contributed by atoms with Gasteiger partial charge in [0.25, 0.3) is 0 Å². The van der Waals surface area contributed by atoms with Crippen LogP contribution in [-0.4, -0.2) is 56.1 Å². The highest BCUT2D eigenvalue weighted by atomic mass is 16.5. The van der Waals surface area contributed by atoms with Crippen molar-refractivity contribution in [2.45, 2.75) is 6.42 Å². The molecule has 0 saturated carbocycles. The number of rotatable bonds is 6. The standard InChI is InChI=1S/C14H21NO3/c16-8-4-13-2-1-3-14(12-13)18-11-7-15-5-9-17-10-6-15/h1-3,12,16H,4-11H2. The molecule has 0 radical (unpaired) electrons. The smallest absolute Gasteiger partial charge is 0.119 e. The first-order valence-corrected chi connectivity index (χ1v) is 6.51. The molecule has 1 aliphatic rings. The third-order valence-electron chi connectivity index (χ3n) is 3.08. The summed E-state index contributed by atoms with van der Waals surface area (Å²) in [5, 5.41) is 8.90. The lowest BCUT2D eigenvalue weighted by Gasteiger charge is -2.26. The fraction of sp³-hybridized carbons (Fsp3) is 0.571. The van der Waals surface area contributed by atoms with Crippen molar-refractivity contribution >= 4 is 0 Å². The molecule has 0 aliphatic carbocycles. The van der Waals surface area contributed by atoms with Gasteiger partial charge in [0.05, 0.1) is 13.2 Å². The third-order valence-corrected chi connectivity index (χ3v) is 3.08. The van der Waals surface area contributed by atoms with Gasteiger partial charge < -0.3 is 14.6 Å². The molecular formula is C14H21NO3. The highest BCUT2D eigenvalue weighted by molar-refractivity contribution is 5.28. The molecule has 1 saturated heterocycles. The number of hydrogen-bond acceptors (Lipinski definition) is 4. The van der Waals surface area contributed by atoms with E-state index in [1.165, 1.54) is 0 Å². The van der Waals surface area contributed by atoms with E-state index in [4.69, 9.17) is 14.6 Å². The average Bonchev–Trinajstić information content (AvgIpc) is 2.41. The first kappa shape index (κ1) is 13.3. The van der Waals surface area contributed by atoms with Crippen LogP contribution in [0.25, 0.3) is 0 Å². The summed E-state index contributed by atoms with van der Waals surface area (Å²) >= 11 is 0. The number of benzene rings is 1. The summed E-state index contributed by atoms with van der Waals surface area (Å²) < 4.78 is 11.0. The van der Waals surface area contributed by atoms with Gasteiger partial charge in [-0.3, -0.25) is 4.90 Å². The van der Waals surface area contributed by atoms with Crippen LogP contribution in [0.5, 0.6) is 5.75 Å². The molecule has 2 rings (SSSR count). The maximum absolute atomic E-state index is 8.90. The monoisotopic (exact) mass is 251 g/mol. The van der Waals surface area contributed by atoms with Crippen molar-refractivity contribution in [3.8, 4) is 5.75 Å². The van der Waals surface area contributed by atoms with Crippen LogP contribution >= 0.6 is 0 Å². The van der Waals surface area contributed by atoms with Gasteiger partial charge in [-0.05, 0) is 24.1 Å². The number of nitrogens with zero attached hydrogens (tertiary/aromatic N) is 1. The van der Waals surface area contributed by atoms with Crippen LogP contribution in [0.3, 0.4) is 0 Å². The van der Waals surface area contributed by atoms with E-state index in [1.54, 1.807) is 0 Å². The molecule has 4 heteroatoms. The van der Waals surface area contributed by atoms with Gasteiger partial charge in [0.15, 0.2) is 0 Å². The van der Waals surface area contributed by atoms with E-state index in [1.807, 2.05) is 24.3 Å². The molecule has 0 amide bonds. The molecule has 1 aromatic carbocycles. The van der Waals surface area contributed by atoms with Gasteiger partial charge in [0.2, 0.25) is 0 Å². The molecule has 1 fully saturated rings. The highest BCUT2D eigenvalue weighted by Gasteiger charge is 2.09. The summed E-state index contributed by atoms with van der Waals surface area (Å²) in [6.45, 7) is 5.45. The number of morpholine rings is 1. The van der Waals surface area contributed by atoms with Crippen LogP contribution in [0.15, 0.2) is 24.3 Å². The molecule has 0 atom stereocenters. The minimum Gasteiger partial charge on any atom is -0.492 e. The predicted molar refractivity (Wildman–Crippen MR) is 70.0 cm³/mol. The normalized spacial score (nSPS) is 16.7. The van der Waals surface area contributed by atoms with Crippen LogP contribution in [0, 0.1) is 0 Å². The molecule has 0 spiro atoms. The second-order valence-electron chi connectivity index (χ2n) is 4.42. The molecular weight excluding hydrogens is 230 g/mol. The van der Waals surface area contributed by atoms with E-state index in [0.717, 1.165) is 44.2 Å². The lowest BCUT2D eigenvalue weighted by molar-refractivity contribution is 0.0322. The van der Waals surface area contributed by atoms with Crippen molar-refractivity contribution in [2.75, 3.05) is 46.1 Å². The zero-order chi connectivity index (χ0) is 12.6. The van der Waals surface area contributed by atoms with Crippen molar-refractivity contribution < 1.29 is 14.6 Å². The molecule has 1 aliphatic heterocycles. The van der Waals surface area contributed by atoms with Crippen molar-refractivity contribution in [3.05, 3.63) is 29.8 Å². The van der Waals surface area contributed by atoms with Gasteiger partial charge in [0, 0.05) is 26.2 Å². The highest BCUT2D eigenvalue weighted by Crippen LogP contribution is 2.13. The van der Waals surface area contributed by atoms with Crippen LogP contribution in [-0.2, 0) is 11.2 Å². The number of aliphatic hydroxyl groups is 1. The Morgan fingerprint density at radius 3 is 2.89 bits per heavy atom. The second kappa shape index (κ2) is 7.36. The summed E-state index contributed by atoms with van der Waals surface area (Å²) in [4.78, 5) is 2.35. The van der Waals surface area contributed by atoms with Crippen LogP contribution in [0.1, 0.15) is 5.56 Å². The fourth-order valence-electron chi connectivity index (χ4n) is 2.04. The Kier molecular flexibility index (Phi) is 5.45. The van der Waals surface area contributed by atoms with Gasteiger partial charge in [0.1, 0.15) is 12.4 Å². The fourth-order valence-corrected chi connectivity index (χ4v) is 2.04. The topological polar surface area (TPSA) is 41.9 Å². The maximum Gasteiger partial charge on any atom is 0.119 e. The Balaban J connectivity index is 1.73. The van der Waals surface area contributed by atoms with E-state index in [0.29, 0.717) is 13.0 Å². The largest absolute Gasteiger partial charge is 0.492 e. The first-order valence-electron chi connectivity index (χ1n) is 6.51. The molecule has 0 unspecified atom stereocenters. The van der Waals surface area contributed by atoms with Gasteiger partial charge in [-0.2, -0.15) is 0 Å². The molecule has 100 valence electrons. The zero-order valence-corrected chi connectivity index (χ0v) is 10.7. The molecule has 0 aromatic heterocycles. The van der Waals surface area contributed by atoms with E-state index in [-0.39, 0.29) is 6.61 Å². The second-order valence-corrected chi connectivity index (χ2v) is 4.42. The molecule has 18 heavy (non-hydrogen) atoms. The van der Waals surface area contributed by atoms with Gasteiger partial charge in [-0.1, -0.05) is 12.1 Å². The van der Waals surface area contributed by atoms with Gasteiger partial charge >= 0.3 is 0 Å². The van der Waals surface area contributed by atoms with Gasteiger partial charge in [-0.15, -0.1) is 0 Å². The lowest BCUT2D eigenvalue weighted by atomic mass is 10.1. The average molecular weight is 251 g/mol. The quantitative estimate of drug-likeness (QED) is 0.817. The summed E-state index contributed by atoms with van der Waals surface area (Å²) in [5.74, 6) is 0.884. The molecule has 1 heterocycles. The van der Waals surface area contributed by atoms with Crippen molar-refractivity contribution in [3.63, 3.8) is 0 Å². The Morgan fingerprint density at radius 1 is 1.28 bits per heavy atom. The lowest BCUT2D eigenvalue weighted by Crippen LogP contribution is -2.38. The summed E-state index contributed by atoms with van der Waals surface area (Å²) in [5.41, 5.74) is 1.11. The Bertz CT molecular complexity index is 351. The molecule has 1 N–H and O–H groups in total. The number of aliphatic hydroxyl groups excluding tert-OH is 1.